The zero-order chi connectivity index (χ0) is 14.5. The number of unbranched alkanes of at least 4 members (excludes halogenated alkanes) is 1. The van der Waals surface area contributed by atoms with E-state index in [4.69, 9.17) is 10.5 Å². The number of imidazole rings is 1. The summed E-state index contributed by atoms with van der Waals surface area (Å²) >= 11 is 0. The van der Waals surface area contributed by atoms with Crippen molar-refractivity contribution in [2.24, 2.45) is 0 Å². The number of nitrogen functional groups attached to an aromatic ring is 1. The van der Waals surface area contributed by atoms with Gasteiger partial charge in [0.15, 0.2) is 0 Å². The maximum Gasteiger partial charge on any atom is 0.142 e. The Morgan fingerprint density at radius 3 is 2.71 bits per heavy atom. The van der Waals surface area contributed by atoms with E-state index in [1.165, 1.54) is 5.52 Å². The number of fused-ring (bicyclic) bond motifs is 1. The Morgan fingerprint density at radius 2 is 1.81 bits per heavy atom. The van der Waals surface area contributed by atoms with Crippen LogP contribution in [0.2, 0.25) is 0 Å². The van der Waals surface area contributed by atoms with Crippen molar-refractivity contribution in [2.45, 2.75) is 19.4 Å². The first kappa shape index (κ1) is 13.5. The Morgan fingerprint density at radius 1 is 1.00 bits per heavy atom. The van der Waals surface area contributed by atoms with Crippen LogP contribution in [0.1, 0.15) is 12.8 Å². The summed E-state index contributed by atoms with van der Waals surface area (Å²) in [7, 11) is 0. The van der Waals surface area contributed by atoms with Crippen LogP contribution in [-0.2, 0) is 6.54 Å². The van der Waals surface area contributed by atoms with Gasteiger partial charge >= 0.3 is 0 Å². The number of hydrogen-bond acceptors (Lipinski definition) is 3. The summed E-state index contributed by atoms with van der Waals surface area (Å²) in [4.78, 5) is 4.39. The molecule has 0 aliphatic heterocycles. The molecule has 0 saturated heterocycles. The summed E-state index contributed by atoms with van der Waals surface area (Å²) in [6, 6.07) is 15.8. The number of para-hydroxylation sites is 4. The third kappa shape index (κ3) is 3.16. The van der Waals surface area contributed by atoms with Crippen LogP contribution in [0.15, 0.2) is 54.9 Å². The molecule has 4 heteroatoms. The molecule has 2 aromatic carbocycles. The topological polar surface area (TPSA) is 53.1 Å². The highest BCUT2D eigenvalue weighted by atomic mass is 16.5. The highest BCUT2D eigenvalue weighted by Crippen LogP contribution is 2.20. The third-order valence-corrected chi connectivity index (χ3v) is 3.50. The SMILES string of the molecule is Nc1ccccc1OCCCCn1cnc2ccccc21. The lowest BCUT2D eigenvalue weighted by atomic mass is 10.3. The standard InChI is InChI=1S/C17H19N3O/c18-14-7-1-4-10-17(14)21-12-6-5-11-20-13-19-15-8-2-3-9-16(15)20/h1-4,7-10,13H,5-6,11-12,18H2. The van der Waals surface area contributed by atoms with Crippen molar-refractivity contribution in [1.29, 1.82) is 0 Å². The van der Waals surface area contributed by atoms with E-state index in [2.05, 4.69) is 15.6 Å². The fraction of sp³-hybridized carbons (Fsp3) is 0.235. The second-order valence-electron chi connectivity index (χ2n) is 5.02. The van der Waals surface area contributed by atoms with Crippen LogP contribution in [-0.4, -0.2) is 16.2 Å². The molecule has 0 spiro atoms. The molecule has 0 aliphatic rings. The summed E-state index contributed by atoms with van der Waals surface area (Å²) in [5.41, 5.74) is 8.76. The van der Waals surface area contributed by atoms with Crippen LogP contribution in [0.3, 0.4) is 0 Å². The Bertz CT molecular complexity index is 721. The minimum Gasteiger partial charge on any atom is -0.491 e. The minimum absolute atomic E-state index is 0.681. The van der Waals surface area contributed by atoms with E-state index in [9.17, 15) is 0 Å². The maximum absolute atomic E-state index is 5.84. The van der Waals surface area contributed by atoms with E-state index in [1.807, 2.05) is 48.8 Å². The lowest BCUT2D eigenvalue weighted by Crippen LogP contribution is -2.03. The van der Waals surface area contributed by atoms with E-state index < -0.39 is 0 Å². The molecule has 0 amide bonds. The van der Waals surface area contributed by atoms with Gasteiger partial charge in [0.25, 0.3) is 0 Å². The Balaban J connectivity index is 1.47. The first-order valence-electron chi connectivity index (χ1n) is 7.22. The highest BCUT2D eigenvalue weighted by Gasteiger charge is 2.01. The van der Waals surface area contributed by atoms with E-state index in [0.717, 1.165) is 30.7 Å². The van der Waals surface area contributed by atoms with Crippen molar-refractivity contribution in [1.82, 2.24) is 9.55 Å². The molecule has 3 rings (SSSR count). The van der Waals surface area contributed by atoms with Crippen molar-refractivity contribution < 1.29 is 4.74 Å². The molecule has 108 valence electrons. The third-order valence-electron chi connectivity index (χ3n) is 3.50. The van der Waals surface area contributed by atoms with Gasteiger partial charge in [-0.3, -0.25) is 0 Å². The zero-order valence-electron chi connectivity index (χ0n) is 11.9. The predicted octanol–water partition coefficient (Wildman–Crippen LogP) is 3.48. The number of hydrogen-bond donors (Lipinski definition) is 1. The molecule has 0 unspecified atom stereocenters. The number of ether oxygens (including phenoxy) is 1. The summed E-state index contributed by atoms with van der Waals surface area (Å²) in [6.45, 7) is 1.63. The second-order valence-corrected chi connectivity index (χ2v) is 5.02. The molecule has 0 fully saturated rings. The number of benzene rings is 2. The summed E-state index contributed by atoms with van der Waals surface area (Å²) in [5, 5.41) is 0. The van der Waals surface area contributed by atoms with Crippen molar-refractivity contribution in [3.63, 3.8) is 0 Å². The molecular weight excluding hydrogens is 262 g/mol. The molecule has 21 heavy (non-hydrogen) atoms. The molecule has 0 saturated carbocycles. The van der Waals surface area contributed by atoms with Gasteiger partial charge in [-0.25, -0.2) is 4.98 Å². The highest BCUT2D eigenvalue weighted by molar-refractivity contribution is 5.74. The molecule has 1 aromatic heterocycles. The van der Waals surface area contributed by atoms with Crippen molar-refractivity contribution >= 4 is 16.7 Å². The van der Waals surface area contributed by atoms with Crippen LogP contribution in [0.4, 0.5) is 5.69 Å². The minimum atomic E-state index is 0.681. The molecule has 2 N–H and O–H groups in total. The van der Waals surface area contributed by atoms with E-state index in [0.29, 0.717) is 12.3 Å². The Kier molecular flexibility index (Phi) is 4.05. The van der Waals surface area contributed by atoms with Gasteiger partial charge < -0.3 is 15.0 Å². The fourth-order valence-electron chi connectivity index (χ4n) is 2.37. The van der Waals surface area contributed by atoms with E-state index >= 15 is 0 Å². The van der Waals surface area contributed by atoms with Gasteiger partial charge in [0, 0.05) is 6.54 Å². The number of nitrogens with two attached hydrogens (primary N) is 1. The first-order chi connectivity index (χ1) is 10.3. The van der Waals surface area contributed by atoms with E-state index in [1.54, 1.807) is 0 Å². The molecule has 0 bridgehead atoms. The van der Waals surface area contributed by atoms with Gasteiger partial charge in [0.1, 0.15) is 5.75 Å². The summed E-state index contributed by atoms with van der Waals surface area (Å²) < 4.78 is 7.88. The molecule has 1 heterocycles. The van der Waals surface area contributed by atoms with Gasteiger partial charge in [-0.05, 0) is 37.1 Å². The number of rotatable bonds is 6. The molecular formula is C17H19N3O. The number of anilines is 1. The number of nitrogens with zero attached hydrogens (tertiary/aromatic N) is 2. The average Bonchev–Trinajstić information content (AvgIpc) is 2.92. The fourth-order valence-corrected chi connectivity index (χ4v) is 2.37. The Labute approximate surface area is 124 Å². The molecule has 0 radical (unpaired) electrons. The largest absolute Gasteiger partial charge is 0.491 e. The molecule has 4 nitrogen and oxygen atoms in total. The van der Waals surface area contributed by atoms with Crippen LogP contribution in [0, 0.1) is 0 Å². The lowest BCUT2D eigenvalue weighted by molar-refractivity contribution is 0.305. The van der Waals surface area contributed by atoms with Crippen LogP contribution < -0.4 is 10.5 Å². The van der Waals surface area contributed by atoms with Gasteiger partial charge in [-0.2, -0.15) is 0 Å². The smallest absolute Gasteiger partial charge is 0.142 e. The maximum atomic E-state index is 5.84. The van der Waals surface area contributed by atoms with Gasteiger partial charge in [0.2, 0.25) is 0 Å². The first-order valence-corrected chi connectivity index (χ1v) is 7.22. The van der Waals surface area contributed by atoms with Crippen molar-refractivity contribution in [3.8, 4) is 5.75 Å². The number of aryl methyl sites for hydroxylation is 1. The predicted molar refractivity (Wildman–Crippen MR) is 85.3 cm³/mol. The lowest BCUT2D eigenvalue weighted by Gasteiger charge is -2.09. The quantitative estimate of drug-likeness (QED) is 0.556. The second kappa shape index (κ2) is 6.31. The van der Waals surface area contributed by atoms with Crippen LogP contribution >= 0.6 is 0 Å². The summed E-state index contributed by atoms with van der Waals surface area (Å²) in [6.07, 6.45) is 3.94. The van der Waals surface area contributed by atoms with Gasteiger partial charge in [-0.15, -0.1) is 0 Å². The molecule has 3 aromatic rings. The van der Waals surface area contributed by atoms with Crippen LogP contribution in [0.5, 0.6) is 5.75 Å². The Hall–Kier alpha value is -2.49. The van der Waals surface area contributed by atoms with Gasteiger partial charge in [0.05, 0.1) is 29.7 Å². The molecule has 0 atom stereocenters. The van der Waals surface area contributed by atoms with Crippen molar-refractivity contribution in [2.75, 3.05) is 12.3 Å². The molecule has 0 aliphatic carbocycles. The summed E-state index contributed by atoms with van der Waals surface area (Å²) in [5.74, 6) is 0.769. The normalized spacial score (nSPS) is 10.9. The van der Waals surface area contributed by atoms with Gasteiger partial charge in [-0.1, -0.05) is 24.3 Å². The van der Waals surface area contributed by atoms with Crippen LogP contribution in [0.25, 0.3) is 11.0 Å². The average molecular weight is 281 g/mol. The van der Waals surface area contributed by atoms with Crippen molar-refractivity contribution in [3.05, 3.63) is 54.9 Å². The zero-order valence-corrected chi connectivity index (χ0v) is 11.9. The monoisotopic (exact) mass is 281 g/mol. The van der Waals surface area contributed by atoms with E-state index in [-0.39, 0.29) is 0 Å². The number of aromatic nitrogens is 2.